The molecule has 0 heterocycles. The van der Waals surface area contributed by atoms with E-state index in [4.69, 9.17) is 0 Å². The number of rotatable bonds is 6. The lowest BCUT2D eigenvalue weighted by atomic mass is 10.1. The van der Waals surface area contributed by atoms with Crippen molar-refractivity contribution >= 4 is 17.3 Å². The first kappa shape index (κ1) is 16.8. The predicted molar refractivity (Wildman–Crippen MR) is 90.6 cm³/mol. The van der Waals surface area contributed by atoms with Gasteiger partial charge in [-0.3, -0.25) is 4.79 Å². The Morgan fingerprint density at radius 1 is 1.17 bits per heavy atom. The highest BCUT2D eigenvalue weighted by Gasteiger charge is 2.11. The molecule has 122 valence electrons. The van der Waals surface area contributed by atoms with Crippen molar-refractivity contribution in [2.75, 3.05) is 23.3 Å². The van der Waals surface area contributed by atoms with E-state index in [-0.39, 0.29) is 17.3 Å². The van der Waals surface area contributed by atoms with Crippen LogP contribution in [0.3, 0.4) is 0 Å². The average Bonchev–Trinajstić information content (AvgIpc) is 2.55. The summed E-state index contributed by atoms with van der Waals surface area (Å²) in [6, 6.07) is 10.8. The van der Waals surface area contributed by atoms with Crippen molar-refractivity contribution in [2.24, 2.45) is 0 Å². The Morgan fingerprint density at radius 2 is 1.87 bits per heavy atom. The van der Waals surface area contributed by atoms with Gasteiger partial charge in [0.2, 0.25) is 0 Å². The summed E-state index contributed by atoms with van der Waals surface area (Å²) in [5.41, 5.74) is 1.55. The Hall–Kier alpha value is -2.56. The zero-order valence-electron chi connectivity index (χ0n) is 13.3. The lowest BCUT2D eigenvalue weighted by Gasteiger charge is -2.22. The Kier molecular flexibility index (Phi) is 5.57. The van der Waals surface area contributed by atoms with Gasteiger partial charge in [0, 0.05) is 30.4 Å². The molecule has 2 aromatic rings. The van der Waals surface area contributed by atoms with Gasteiger partial charge in [-0.1, -0.05) is 6.92 Å². The number of hydrogen-bond acceptors (Lipinski definition) is 3. The molecule has 0 aromatic heterocycles. The molecule has 0 saturated heterocycles. The molecule has 0 aliphatic carbocycles. The third kappa shape index (κ3) is 4.22. The number of phenolic OH excluding ortho intramolecular Hbond substituents is 1. The molecular formula is C18H21FN2O2. The van der Waals surface area contributed by atoms with Gasteiger partial charge in [0.05, 0.1) is 5.69 Å². The van der Waals surface area contributed by atoms with Crippen LogP contribution in [0.1, 0.15) is 30.6 Å². The standard InChI is InChI=1S/C18H21FN2O2/c1-3-11-21(4-2)14-7-5-13(6-8-14)18(23)20-17-10-9-15(22)12-16(17)19/h5-10,12,22H,3-4,11H2,1-2H3,(H,20,23). The van der Waals surface area contributed by atoms with Crippen LogP contribution in [0.2, 0.25) is 0 Å². The van der Waals surface area contributed by atoms with Gasteiger partial charge < -0.3 is 15.3 Å². The molecule has 0 fully saturated rings. The van der Waals surface area contributed by atoms with Crippen LogP contribution in [0.25, 0.3) is 0 Å². The van der Waals surface area contributed by atoms with Gasteiger partial charge in [-0.2, -0.15) is 0 Å². The second kappa shape index (κ2) is 7.63. The summed E-state index contributed by atoms with van der Waals surface area (Å²) >= 11 is 0. The topological polar surface area (TPSA) is 52.6 Å². The van der Waals surface area contributed by atoms with E-state index in [0.29, 0.717) is 5.56 Å². The van der Waals surface area contributed by atoms with Gasteiger partial charge in [-0.05, 0) is 49.7 Å². The molecule has 5 heteroatoms. The van der Waals surface area contributed by atoms with Crippen LogP contribution in [-0.2, 0) is 0 Å². The van der Waals surface area contributed by atoms with E-state index in [2.05, 4.69) is 24.1 Å². The maximum Gasteiger partial charge on any atom is 0.255 e. The summed E-state index contributed by atoms with van der Waals surface area (Å²) < 4.78 is 13.6. The molecule has 4 nitrogen and oxygen atoms in total. The fourth-order valence-electron chi connectivity index (χ4n) is 2.36. The van der Waals surface area contributed by atoms with Gasteiger partial charge in [0.25, 0.3) is 5.91 Å². The summed E-state index contributed by atoms with van der Waals surface area (Å²) in [6.45, 7) is 6.07. The quantitative estimate of drug-likeness (QED) is 0.791. The van der Waals surface area contributed by atoms with Crippen molar-refractivity contribution in [3.63, 3.8) is 0 Å². The summed E-state index contributed by atoms with van der Waals surface area (Å²) in [5.74, 6) is -1.24. The number of halogens is 1. The molecule has 0 bridgehead atoms. The summed E-state index contributed by atoms with van der Waals surface area (Å²) in [4.78, 5) is 14.4. The first-order valence-electron chi connectivity index (χ1n) is 7.70. The van der Waals surface area contributed by atoms with Crippen molar-refractivity contribution in [3.05, 3.63) is 53.8 Å². The molecular weight excluding hydrogens is 295 g/mol. The predicted octanol–water partition coefficient (Wildman–Crippen LogP) is 4.02. The van der Waals surface area contributed by atoms with Crippen LogP contribution < -0.4 is 10.2 Å². The fourth-order valence-corrected chi connectivity index (χ4v) is 2.36. The number of anilines is 2. The zero-order valence-corrected chi connectivity index (χ0v) is 13.3. The Labute approximate surface area is 135 Å². The molecule has 0 aliphatic rings. The van der Waals surface area contributed by atoms with E-state index >= 15 is 0 Å². The minimum Gasteiger partial charge on any atom is -0.508 e. The fraction of sp³-hybridized carbons (Fsp3) is 0.278. The van der Waals surface area contributed by atoms with E-state index in [9.17, 15) is 14.3 Å². The van der Waals surface area contributed by atoms with Crippen molar-refractivity contribution in [3.8, 4) is 5.75 Å². The second-order valence-corrected chi connectivity index (χ2v) is 5.24. The van der Waals surface area contributed by atoms with E-state index in [1.807, 2.05) is 12.1 Å². The number of carbonyl (C=O) groups excluding carboxylic acids is 1. The number of benzene rings is 2. The highest BCUT2D eigenvalue weighted by atomic mass is 19.1. The molecule has 0 saturated carbocycles. The smallest absolute Gasteiger partial charge is 0.255 e. The Balaban J connectivity index is 2.11. The average molecular weight is 316 g/mol. The number of phenols is 1. The lowest BCUT2D eigenvalue weighted by Crippen LogP contribution is -2.23. The molecule has 0 aliphatic heterocycles. The minimum atomic E-state index is -0.671. The molecule has 0 radical (unpaired) electrons. The third-order valence-electron chi connectivity index (χ3n) is 3.57. The Morgan fingerprint density at radius 3 is 2.43 bits per heavy atom. The van der Waals surface area contributed by atoms with Gasteiger partial charge >= 0.3 is 0 Å². The third-order valence-corrected chi connectivity index (χ3v) is 3.57. The van der Waals surface area contributed by atoms with Crippen molar-refractivity contribution in [1.82, 2.24) is 0 Å². The van der Waals surface area contributed by atoms with Crippen LogP contribution >= 0.6 is 0 Å². The number of carbonyl (C=O) groups is 1. The molecule has 2 rings (SSSR count). The zero-order chi connectivity index (χ0) is 16.8. The number of aromatic hydroxyl groups is 1. The monoisotopic (exact) mass is 316 g/mol. The van der Waals surface area contributed by atoms with Gasteiger partial charge in [-0.15, -0.1) is 0 Å². The SMILES string of the molecule is CCCN(CC)c1ccc(C(=O)Nc2ccc(O)cc2F)cc1. The summed E-state index contributed by atoms with van der Waals surface area (Å²) in [5, 5.41) is 11.7. The highest BCUT2D eigenvalue weighted by molar-refractivity contribution is 6.04. The number of hydrogen-bond donors (Lipinski definition) is 2. The van der Waals surface area contributed by atoms with E-state index in [1.165, 1.54) is 12.1 Å². The van der Waals surface area contributed by atoms with Crippen molar-refractivity contribution in [1.29, 1.82) is 0 Å². The van der Waals surface area contributed by atoms with Gasteiger partial charge in [0.1, 0.15) is 11.6 Å². The molecule has 0 atom stereocenters. The van der Waals surface area contributed by atoms with Crippen LogP contribution in [0, 0.1) is 5.82 Å². The van der Waals surface area contributed by atoms with Crippen LogP contribution in [-0.4, -0.2) is 24.1 Å². The minimum absolute atomic E-state index is 0.0399. The first-order valence-corrected chi connectivity index (χ1v) is 7.70. The van der Waals surface area contributed by atoms with E-state index in [1.54, 1.807) is 12.1 Å². The second-order valence-electron chi connectivity index (χ2n) is 5.24. The largest absolute Gasteiger partial charge is 0.508 e. The van der Waals surface area contributed by atoms with Crippen molar-refractivity contribution in [2.45, 2.75) is 20.3 Å². The van der Waals surface area contributed by atoms with Crippen LogP contribution in [0.5, 0.6) is 5.75 Å². The number of nitrogens with zero attached hydrogens (tertiary/aromatic N) is 1. The number of nitrogens with one attached hydrogen (secondary N) is 1. The van der Waals surface area contributed by atoms with Crippen molar-refractivity contribution < 1.29 is 14.3 Å². The molecule has 0 unspecified atom stereocenters. The molecule has 1 amide bonds. The number of amides is 1. The highest BCUT2D eigenvalue weighted by Crippen LogP contribution is 2.21. The Bertz CT molecular complexity index is 671. The molecule has 2 aromatic carbocycles. The summed E-state index contributed by atoms with van der Waals surface area (Å²) in [6.07, 6.45) is 1.05. The first-order chi connectivity index (χ1) is 11.0. The van der Waals surface area contributed by atoms with E-state index in [0.717, 1.165) is 31.3 Å². The van der Waals surface area contributed by atoms with Gasteiger partial charge in [0.15, 0.2) is 0 Å². The van der Waals surface area contributed by atoms with Crippen LogP contribution in [0.4, 0.5) is 15.8 Å². The maximum absolute atomic E-state index is 13.6. The maximum atomic E-state index is 13.6. The summed E-state index contributed by atoms with van der Waals surface area (Å²) in [7, 11) is 0. The molecule has 23 heavy (non-hydrogen) atoms. The van der Waals surface area contributed by atoms with E-state index < -0.39 is 5.82 Å². The molecule has 0 spiro atoms. The van der Waals surface area contributed by atoms with Crippen LogP contribution in [0.15, 0.2) is 42.5 Å². The molecule has 2 N–H and O–H groups in total. The normalized spacial score (nSPS) is 10.4. The van der Waals surface area contributed by atoms with Gasteiger partial charge in [-0.25, -0.2) is 4.39 Å². The lowest BCUT2D eigenvalue weighted by molar-refractivity contribution is 0.102.